The van der Waals surface area contributed by atoms with Crippen LogP contribution in [0.1, 0.15) is 32.6 Å². The highest BCUT2D eigenvalue weighted by Gasteiger charge is 2.25. The number of sulfonamides is 1. The number of hydrogen-bond acceptors (Lipinski definition) is 6. The topological polar surface area (TPSA) is 101 Å². The van der Waals surface area contributed by atoms with Crippen LogP contribution in [-0.2, 0) is 24.2 Å². The summed E-state index contributed by atoms with van der Waals surface area (Å²) in [5, 5.41) is 3.27. The Morgan fingerprint density at radius 2 is 2.14 bits per heavy atom. The average Bonchev–Trinajstić information content (AvgIpc) is 3.19. The molecule has 0 aromatic rings. The number of rotatable bonds is 12. The van der Waals surface area contributed by atoms with Gasteiger partial charge in [0.05, 0.1) is 38.2 Å². The van der Waals surface area contributed by atoms with Crippen LogP contribution in [0.4, 0.5) is 0 Å². The van der Waals surface area contributed by atoms with Crippen molar-refractivity contribution in [3.63, 3.8) is 0 Å². The molecule has 2 N–H and O–H groups in total. The molecule has 0 aromatic carbocycles. The lowest BCUT2D eigenvalue weighted by Gasteiger charge is -2.23. The summed E-state index contributed by atoms with van der Waals surface area (Å²) in [6.45, 7) is 7.74. The molecule has 0 bridgehead atoms. The van der Waals surface area contributed by atoms with E-state index in [0.29, 0.717) is 32.3 Å². The average molecular weight is 435 g/mol. The molecule has 29 heavy (non-hydrogen) atoms. The summed E-state index contributed by atoms with van der Waals surface area (Å²) < 4.78 is 43.4. The molecule has 9 nitrogen and oxygen atoms in total. The molecule has 170 valence electrons. The third-order valence-electron chi connectivity index (χ3n) is 5.13. The van der Waals surface area contributed by atoms with Crippen molar-refractivity contribution in [1.82, 2.24) is 14.9 Å². The van der Waals surface area contributed by atoms with Gasteiger partial charge in [0, 0.05) is 45.8 Å². The molecule has 0 amide bonds. The van der Waals surface area contributed by atoms with E-state index in [0.717, 1.165) is 57.9 Å². The standard InChI is InChI=1S/C19H38N4O5S/c1-3-20-19(23-9-7-17(15-23)16-27-12-11-26-2)21-8-13-29(24,25)22-14-18-6-4-5-10-28-18/h17-18,22H,3-16H2,1-2H3,(H,20,21). The van der Waals surface area contributed by atoms with E-state index >= 15 is 0 Å². The predicted octanol–water partition coefficient (Wildman–Crippen LogP) is 0.425. The van der Waals surface area contributed by atoms with Gasteiger partial charge in [0.1, 0.15) is 0 Å². The zero-order chi connectivity index (χ0) is 21.0. The van der Waals surface area contributed by atoms with Gasteiger partial charge >= 0.3 is 0 Å². The molecule has 0 saturated carbocycles. The maximum atomic E-state index is 12.3. The molecule has 2 rings (SSSR count). The molecular formula is C19H38N4O5S. The summed E-state index contributed by atoms with van der Waals surface area (Å²) in [6, 6.07) is 0. The lowest BCUT2D eigenvalue weighted by molar-refractivity contribution is 0.0200. The quantitative estimate of drug-likeness (QED) is 0.261. The van der Waals surface area contributed by atoms with Crippen LogP contribution in [-0.4, -0.2) is 97.4 Å². The molecule has 0 radical (unpaired) electrons. The Morgan fingerprint density at radius 1 is 1.28 bits per heavy atom. The Bertz CT molecular complexity index is 581. The van der Waals surface area contributed by atoms with Gasteiger partial charge in [-0.1, -0.05) is 0 Å². The monoisotopic (exact) mass is 434 g/mol. The van der Waals surface area contributed by atoms with Crippen LogP contribution in [0, 0.1) is 5.92 Å². The van der Waals surface area contributed by atoms with Crippen LogP contribution in [0.5, 0.6) is 0 Å². The highest BCUT2D eigenvalue weighted by atomic mass is 32.2. The van der Waals surface area contributed by atoms with Gasteiger partial charge in [-0.2, -0.15) is 0 Å². The molecule has 2 unspecified atom stereocenters. The van der Waals surface area contributed by atoms with Gasteiger partial charge in [-0.15, -0.1) is 0 Å². The van der Waals surface area contributed by atoms with E-state index in [2.05, 4.69) is 19.9 Å². The highest BCUT2D eigenvalue weighted by molar-refractivity contribution is 7.89. The van der Waals surface area contributed by atoms with E-state index in [1.54, 1.807) is 7.11 Å². The van der Waals surface area contributed by atoms with E-state index in [9.17, 15) is 8.42 Å². The minimum Gasteiger partial charge on any atom is -0.382 e. The first kappa shape index (κ1) is 24.3. The molecule has 2 atom stereocenters. The Labute approximate surface area is 175 Å². The number of aliphatic imine (C=N–C) groups is 1. The second-order valence-corrected chi connectivity index (χ2v) is 9.49. The molecule has 2 saturated heterocycles. The van der Waals surface area contributed by atoms with Gasteiger partial charge in [0.25, 0.3) is 0 Å². The number of nitrogens with zero attached hydrogens (tertiary/aromatic N) is 2. The number of methoxy groups -OCH3 is 1. The molecule has 0 aromatic heterocycles. The van der Waals surface area contributed by atoms with E-state index in [4.69, 9.17) is 14.2 Å². The van der Waals surface area contributed by atoms with Crippen molar-refractivity contribution >= 4 is 16.0 Å². The molecule has 0 spiro atoms. The lowest BCUT2D eigenvalue weighted by Crippen LogP contribution is -2.41. The Hall–Kier alpha value is -0.940. The summed E-state index contributed by atoms with van der Waals surface area (Å²) in [6.07, 6.45) is 4.10. The van der Waals surface area contributed by atoms with Gasteiger partial charge in [-0.3, -0.25) is 4.99 Å². The summed E-state index contributed by atoms with van der Waals surface area (Å²) in [5.74, 6) is 1.21. The first-order valence-corrected chi connectivity index (χ1v) is 12.4. The largest absolute Gasteiger partial charge is 0.382 e. The maximum Gasteiger partial charge on any atom is 0.213 e. The normalized spacial score (nSPS) is 23.5. The SMILES string of the molecule is CCNC(=NCCS(=O)(=O)NCC1CCCCO1)N1CCC(COCCOC)C1. The van der Waals surface area contributed by atoms with Crippen LogP contribution >= 0.6 is 0 Å². The fraction of sp³-hybridized carbons (Fsp3) is 0.947. The predicted molar refractivity (Wildman–Crippen MR) is 114 cm³/mol. The number of likely N-dealkylation sites (tertiary alicyclic amines) is 1. The zero-order valence-electron chi connectivity index (χ0n) is 17.9. The van der Waals surface area contributed by atoms with E-state index < -0.39 is 10.0 Å². The van der Waals surface area contributed by atoms with Crippen LogP contribution in [0.2, 0.25) is 0 Å². The van der Waals surface area contributed by atoms with Crippen LogP contribution in [0.3, 0.4) is 0 Å². The number of hydrogen-bond donors (Lipinski definition) is 2. The van der Waals surface area contributed by atoms with E-state index in [1.807, 2.05) is 6.92 Å². The van der Waals surface area contributed by atoms with Crippen molar-refractivity contribution < 1.29 is 22.6 Å². The first-order chi connectivity index (χ1) is 14.0. The first-order valence-electron chi connectivity index (χ1n) is 10.7. The number of ether oxygens (including phenoxy) is 3. The van der Waals surface area contributed by atoms with E-state index in [1.165, 1.54) is 0 Å². The minimum atomic E-state index is -3.36. The van der Waals surface area contributed by atoms with Gasteiger partial charge < -0.3 is 24.4 Å². The number of nitrogens with one attached hydrogen (secondary N) is 2. The highest BCUT2D eigenvalue weighted by Crippen LogP contribution is 2.16. The van der Waals surface area contributed by atoms with Crippen LogP contribution in [0.15, 0.2) is 4.99 Å². The third kappa shape index (κ3) is 9.61. The molecule has 2 aliphatic heterocycles. The maximum absolute atomic E-state index is 12.3. The van der Waals surface area contributed by atoms with Crippen molar-refractivity contribution in [3.05, 3.63) is 0 Å². The van der Waals surface area contributed by atoms with Crippen molar-refractivity contribution in [2.75, 3.05) is 72.0 Å². The summed E-state index contributed by atoms with van der Waals surface area (Å²) >= 11 is 0. The minimum absolute atomic E-state index is 0.00742. The second-order valence-electron chi connectivity index (χ2n) is 7.56. The van der Waals surface area contributed by atoms with Gasteiger partial charge in [0.15, 0.2) is 5.96 Å². The summed E-state index contributed by atoms with van der Waals surface area (Å²) in [5.41, 5.74) is 0. The van der Waals surface area contributed by atoms with Gasteiger partial charge in [-0.05, 0) is 32.6 Å². The Morgan fingerprint density at radius 3 is 2.86 bits per heavy atom. The fourth-order valence-electron chi connectivity index (χ4n) is 3.51. The molecule has 2 fully saturated rings. The van der Waals surface area contributed by atoms with E-state index in [-0.39, 0.29) is 18.4 Å². The third-order valence-corrected chi connectivity index (χ3v) is 6.46. The second kappa shape index (κ2) is 13.4. The van der Waals surface area contributed by atoms with Gasteiger partial charge in [-0.25, -0.2) is 13.1 Å². The van der Waals surface area contributed by atoms with Gasteiger partial charge in [0.2, 0.25) is 10.0 Å². The molecule has 2 aliphatic rings. The smallest absolute Gasteiger partial charge is 0.213 e. The van der Waals surface area contributed by atoms with Crippen molar-refractivity contribution in [3.8, 4) is 0 Å². The summed E-state index contributed by atoms with van der Waals surface area (Å²) in [4.78, 5) is 6.72. The number of guanidine groups is 1. The van der Waals surface area contributed by atoms with Crippen LogP contribution in [0.25, 0.3) is 0 Å². The van der Waals surface area contributed by atoms with Crippen LogP contribution < -0.4 is 10.0 Å². The lowest BCUT2D eigenvalue weighted by atomic mass is 10.1. The molecule has 2 heterocycles. The zero-order valence-corrected chi connectivity index (χ0v) is 18.7. The Balaban J connectivity index is 1.74. The molecular weight excluding hydrogens is 396 g/mol. The molecule has 0 aliphatic carbocycles. The molecule has 10 heteroatoms. The van der Waals surface area contributed by atoms with Crippen molar-refractivity contribution in [2.45, 2.75) is 38.7 Å². The van der Waals surface area contributed by atoms with Crippen molar-refractivity contribution in [1.29, 1.82) is 0 Å². The fourth-order valence-corrected chi connectivity index (χ4v) is 4.43. The van der Waals surface area contributed by atoms with Crippen molar-refractivity contribution in [2.24, 2.45) is 10.9 Å². The summed E-state index contributed by atoms with van der Waals surface area (Å²) in [7, 11) is -1.69. The Kier molecular flexibility index (Phi) is 11.2.